The molecular formula is C33H32N2O6S. The van der Waals surface area contributed by atoms with Crippen LogP contribution < -0.4 is 4.74 Å². The van der Waals surface area contributed by atoms with Crippen LogP contribution in [-0.2, 0) is 22.6 Å². The van der Waals surface area contributed by atoms with Gasteiger partial charge in [-0.1, -0.05) is 66.7 Å². The van der Waals surface area contributed by atoms with Gasteiger partial charge in [-0.05, 0) is 71.8 Å². The molecule has 0 radical (unpaired) electrons. The number of aryl methyl sites for hydroxylation is 2. The summed E-state index contributed by atoms with van der Waals surface area (Å²) in [6, 6.07) is 27.1. The van der Waals surface area contributed by atoms with Crippen molar-refractivity contribution in [2.75, 3.05) is 13.2 Å². The molecule has 3 aromatic carbocycles. The van der Waals surface area contributed by atoms with Gasteiger partial charge in [0.2, 0.25) is 12.5 Å². The van der Waals surface area contributed by atoms with Crippen LogP contribution in [0.3, 0.4) is 0 Å². The number of nitrogens with zero attached hydrogens (tertiary/aromatic N) is 2. The Labute approximate surface area is 248 Å². The van der Waals surface area contributed by atoms with Crippen LogP contribution in [0.15, 0.2) is 84.9 Å². The van der Waals surface area contributed by atoms with Gasteiger partial charge in [0.05, 0.1) is 12.0 Å². The Hall–Kier alpha value is -4.50. The molecule has 1 aliphatic heterocycles. The van der Waals surface area contributed by atoms with E-state index in [4.69, 9.17) is 9.47 Å². The molecule has 1 saturated heterocycles. The highest BCUT2D eigenvalue weighted by atomic mass is 32.1. The van der Waals surface area contributed by atoms with Crippen molar-refractivity contribution in [2.24, 2.45) is 0 Å². The van der Waals surface area contributed by atoms with Gasteiger partial charge >= 0.3 is 6.09 Å². The van der Waals surface area contributed by atoms with Gasteiger partial charge in [0.25, 0.3) is 0 Å². The number of imide groups is 1. The van der Waals surface area contributed by atoms with Gasteiger partial charge in [-0.25, -0.2) is 9.69 Å². The maximum Gasteiger partial charge on any atom is 0.416 e. The van der Waals surface area contributed by atoms with Crippen LogP contribution >= 0.6 is 11.3 Å². The third kappa shape index (κ3) is 6.86. The Kier molecular flexibility index (Phi) is 8.97. The molecule has 1 aliphatic rings. The number of rotatable bonds is 11. The lowest BCUT2D eigenvalue weighted by atomic mass is 9.95. The number of hydrogen-bond acceptors (Lipinski definition) is 7. The van der Waals surface area contributed by atoms with E-state index in [1.807, 2.05) is 42.5 Å². The van der Waals surface area contributed by atoms with Crippen LogP contribution in [0.1, 0.15) is 39.5 Å². The molecule has 0 bridgehead atoms. The van der Waals surface area contributed by atoms with Crippen LogP contribution in [0.4, 0.5) is 4.79 Å². The SMILES string of the molecule is Cc1cccc(C)c1-c1cccc(COc2ccc(C(CC(=O)N3C(=O)OC[C@@H]3Cc3ccccc3)C[N+](=O)[O-])s2)c1. The summed E-state index contributed by atoms with van der Waals surface area (Å²) in [6.45, 7) is 4.19. The molecule has 0 spiro atoms. The second-order valence-corrected chi connectivity index (χ2v) is 11.6. The maximum atomic E-state index is 13.3. The molecule has 4 aromatic rings. The predicted octanol–water partition coefficient (Wildman–Crippen LogP) is 6.95. The van der Waals surface area contributed by atoms with E-state index in [1.165, 1.54) is 28.0 Å². The molecule has 0 aliphatic carbocycles. The Morgan fingerprint density at radius 2 is 1.74 bits per heavy atom. The van der Waals surface area contributed by atoms with E-state index < -0.39 is 35.4 Å². The summed E-state index contributed by atoms with van der Waals surface area (Å²) in [7, 11) is 0. The summed E-state index contributed by atoms with van der Waals surface area (Å²) in [5.41, 5.74) is 6.71. The van der Waals surface area contributed by atoms with Crippen LogP contribution in [0, 0.1) is 24.0 Å². The van der Waals surface area contributed by atoms with Crippen molar-refractivity contribution in [3.05, 3.63) is 122 Å². The number of ether oxygens (including phenoxy) is 2. The summed E-state index contributed by atoms with van der Waals surface area (Å²) in [6.07, 6.45) is -0.432. The summed E-state index contributed by atoms with van der Waals surface area (Å²) >= 11 is 1.28. The fraction of sp³-hybridized carbons (Fsp3) is 0.273. The van der Waals surface area contributed by atoms with Crippen LogP contribution in [-0.4, -0.2) is 41.0 Å². The number of amides is 2. The Morgan fingerprint density at radius 1 is 1.02 bits per heavy atom. The number of hydrogen-bond donors (Lipinski definition) is 0. The van der Waals surface area contributed by atoms with E-state index in [0.717, 1.165) is 21.6 Å². The minimum absolute atomic E-state index is 0.0982. The molecule has 42 heavy (non-hydrogen) atoms. The van der Waals surface area contributed by atoms with Crippen molar-refractivity contribution in [3.8, 4) is 16.2 Å². The third-order valence-electron chi connectivity index (χ3n) is 7.42. The Morgan fingerprint density at radius 3 is 2.48 bits per heavy atom. The van der Waals surface area contributed by atoms with Gasteiger partial charge in [0.15, 0.2) is 5.06 Å². The van der Waals surface area contributed by atoms with Crippen molar-refractivity contribution >= 4 is 23.3 Å². The summed E-state index contributed by atoms with van der Waals surface area (Å²) in [4.78, 5) is 38.7. The van der Waals surface area contributed by atoms with Crippen molar-refractivity contribution < 1.29 is 24.0 Å². The molecule has 216 valence electrons. The Balaban J connectivity index is 1.26. The molecule has 1 fully saturated rings. The van der Waals surface area contributed by atoms with Crippen LogP contribution in [0.2, 0.25) is 0 Å². The fourth-order valence-corrected chi connectivity index (χ4v) is 6.37. The van der Waals surface area contributed by atoms with Gasteiger partial charge in [-0.15, -0.1) is 11.3 Å². The van der Waals surface area contributed by atoms with Gasteiger partial charge in [0.1, 0.15) is 13.2 Å². The molecule has 8 nitrogen and oxygen atoms in total. The topological polar surface area (TPSA) is 99.0 Å². The number of carbonyl (C=O) groups excluding carboxylic acids is 2. The zero-order valence-corrected chi connectivity index (χ0v) is 24.3. The largest absolute Gasteiger partial charge is 0.479 e. The van der Waals surface area contributed by atoms with E-state index in [9.17, 15) is 19.7 Å². The first-order valence-corrected chi connectivity index (χ1v) is 14.6. The quantitative estimate of drug-likeness (QED) is 0.140. The van der Waals surface area contributed by atoms with Crippen molar-refractivity contribution in [2.45, 2.75) is 45.3 Å². The second-order valence-electron chi connectivity index (χ2n) is 10.5. The number of nitro groups is 1. The lowest BCUT2D eigenvalue weighted by molar-refractivity contribution is -0.483. The molecule has 2 heterocycles. The molecule has 5 rings (SSSR count). The average molecular weight is 585 g/mol. The molecule has 0 N–H and O–H groups in total. The van der Waals surface area contributed by atoms with E-state index in [0.29, 0.717) is 23.0 Å². The Bertz CT molecular complexity index is 1560. The van der Waals surface area contributed by atoms with Crippen molar-refractivity contribution in [1.29, 1.82) is 0 Å². The predicted molar refractivity (Wildman–Crippen MR) is 161 cm³/mol. The van der Waals surface area contributed by atoms with Crippen molar-refractivity contribution in [3.63, 3.8) is 0 Å². The molecule has 9 heteroatoms. The first kappa shape index (κ1) is 29.0. The minimum atomic E-state index is -0.709. The normalized spacial score (nSPS) is 15.3. The van der Waals surface area contributed by atoms with E-state index in [-0.39, 0.29) is 13.0 Å². The molecular weight excluding hydrogens is 552 g/mol. The summed E-state index contributed by atoms with van der Waals surface area (Å²) < 4.78 is 11.2. The zero-order chi connectivity index (χ0) is 29.6. The highest BCUT2D eigenvalue weighted by Gasteiger charge is 2.39. The first-order valence-electron chi connectivity index (χ1n) is 13.8. The van der Waals surface area contributed by atoms with Gasteiger partial charge in [-0.3, -0.25) is 14.9 Å². The number of carbonyl (C=O) groups is 2. The van der Waals surface area contributed by atoms with Crippen LogP contribution in [0.5, 0.6) is 5.06 Å². The maximum absolute atomic E-state index is 13.3. The van der Waals surface area contributed by atoms with E-state index >= 15 is 0 Å². The standard InChI is InChI=1S/C33H32N2O6S/c1-22-8-6-9-23(2)32(22)26-13-7-12-25(16-26)20-40-31-15-14-29(42-31)27(19-34(38)39)18-30(36)35-28(21-41-33(35)37)17-24-10-4-3-5-11-24/h3-16,27-28H,17-21H2,1-2H3/t27?,28-/m0/s1. The van der Waals surface area contributed by atoms with Crippen molar-refractivity contribution in [1.82, 2.24) is 4.90 Å². The molecule has 0 saturated carbocycles. The van der Waals surface area contributed by atoms with E-state index in [1.54, 1.807) is 12.1 Å². The monoisotopic (exact) mass is 584 g/mol. The minimum Gasteiger partial charge on any atom is -0.479 e. The average Bonchev–Trinajstić information content (AvgIpc) is 3.58. The number of cyclic esters (lactones) is 1. The van der Waals surface area contributed by atoms with Gasteiger partial charge in [0, 0.05) is 16.2 Å². The third-order valence-corrected chi connectivity index (χ3v) is 8.58. The molecule has 2 amide bonds. The lowest BCUT2D eigenvalue weighted by Gasteiger charge is -2.21. The zero-order valence-electron chi connectivity index (χ0n) is 23.5. The first-order chi connectivity index (χ1) is 20.3. The fourth-order valence-electron chi connectivity index (χ4n) is 5.42. The van der Waals surface area contributed by atoms with Gasteiger partial charge < -0.3 is 9.47 Å². The highest BCUT2D eigenvalue weighted by Crippen LogP contribution is 2.34. The molecule has 1 unspecified atom stereocenters. The molecule has 2 atom stereocenters. The molecule has 1 aromatic heterocycles. The number of thiophene rings is 1. The van der Waals surface area contributed by atoms with E-state index in [2.05, 4.69) is 44.2 Å². The number of benzene rings is 3. The smallest absolute Gasteiger partial charge is 0.416 e. The van der Waals surface area contributed by atoms with Crippen LogP contribution in [0.25, 0.3) is 11.1 Å². The van der Waals surface area contributed by atoms with Gasteiger partial charge in [-0.2, -0.15) is 0 Å². The lowest BCUT2D eigenvalue weighted by Crippen LogP contribution is -2.41. The summed E-state index contributed by atoms with van der Waals surface area (Å²) in [5, 5.41) is 12.1. The summed E-state index contributed by atoms with van der Waals surface area (Å²) in [5.74, 6) is -1.18. The second kappa shape index (κ2) is 13.0. The highest BCUT2D eigenvalue weighted by molar-refractivity contribution is 7.13.